The van der Waals surface area contributed by atoms with E-state index in [1.165, 1.54) is 11.3 Å². The Labute approximate surface area is 127 Å². The quantitative estimate of drug-likeness (QED) is 0.876. The van der Waals surface area contributed by atoms with E-state index in [-0.39, 0.29) is 5.91 Å². The molecule has 21 heavy (non-hydrogen) atoms. The average Bonchev–Trinajstić information content (AvgIpc) is 2.44. The van der Waals surface area contributed by atoms with Crippen LogP contribution in [0.25, 0.3) is 0 Å². The van der Waals surface area contributed by atoms with E-state index in [1.807, 2.05) is 11.9 Å². The molecule has 0 bridgehead atoms. The third-order valence-electron chi connectivity index (χ3n) is 3.87. The van der Waals surface area contributed by atoms with Crippen molar-refractivity contribution in [2.75, 3.05) is 30.4 Å². The first-order valence-corrected chi connectivity index (χ1v) is 7.83. The van der Waals surface area contributed by atoms with Gasteiger partial charge >= 0.3 is 0 Å². The molecule has 0 fully saturated rings. The molecule has 1 unspecified atom stereocenters. The number of fused-ring (bicyclic) bond motifs is 1. The number of carbonyl (C=O) groups is 1. The first-order chi connectivity index (χ1) is 9.95. The van der Waals surface area contributed by atoms with Crippen LogP contribution in [0.3, 0.4) is 0 Å². The van der Waals surface area contributed by atoms with Gasteiger partial charge in [0, 0.05) is 31.0 Å². The van der Waals surface area contributed by atoms with Crippen LogP contribution in [-0.4, -0.2) is 32.1 Å². The number of hydrogen-bond donors (Lipinski definition) is 2. The minimum atomic E-state index is 0.0793. The lowest BCUT2D eigenvalue weighted by atomic mass is 9.98. The number of nitrogens with one attached hydrogen (secondary N) is 2. The molecule has 0 spiro atoms. The molecule has 116 valence electrons. The van der Waals surface area contributed by atoms with Crippen molar-refractivity contribution >= 4 is 17.3 Å². The Morgan fingerprint density at radius 3 is 2.95 bits per heavy atom. The number of hydrogen-bond acceptors (Lipinski definition) is 3. The number of nitrogens with zero attached hydrogens (tertiary/aromatic N) is 1. The molecule has 1 heterocycles. The maximum atomic E-state index is 11.9. The zero-order valence-electron chi connectivity index (χ0n) is 13.6. The van der Waals surface area contributed by atoms with Crippen molar-refractivity contribution in [3.63, 3.8) is 0 Å². The van der Waals surface area contributed by atoms with Gasteiger partial charge in [-0.3, -0.25) is 4.79 Å². The van der Waals surface area contributed by atoms with Gasteiger partial charge in [0.2, 0.25) is 5.91 Å². The summed E-state index contributed by atoms with van der Waals surface area (Å²) < 4.78 is 0. The fourth-order valence-corrected chi connectivity index (χ4v) is 2.56. The standard InChI is InChI=1S/C17H27N3O/c1-12(2)10-18-17(21)11-20(4)15-7-8-16-14(9-15)6-5-13(3)19-16/h7-9,12-13,19H,5-6,10-11H2,1-4H3,(H,18,21). The van der Waals surface area contributed by atoms with Crippen molar-refractivity contribution < 1.29 is 4.79 Å². The maximum Gasteiger partial charge on any atom is 0.239 e. The van der Waals surface area contributed by atoms with Crippen molar-refractivity contribution in [2.24, 2.45) is 5.92 Å². The number of anilines is 2. The number of amides is 1. The molecule has 0 saturated carbocycles. The lowest BCUT2D eigenvalue weighted by Crippen LogP contribution is -2.36. The molecule has 4 heteroatoms. The van der Waals surface area contributed by atoms with Gasteiger partial charge in [0.15, 0.2) is 0 Å². The van der Waals surface area contributed by atoms with Gasteiger partial charge in [-0.15, -0.1) is 0 Å². The summed E-state index contributed by atoms with van der Waals surface area (Å²) in [5.41, 5.74) is 3.68. The first-order valence-electron chi connectivity index (χ1n) is 7.83. The van der Waals surface area contributed by atoms with Gasteiger partial charge in [0.25, 0.3) is 0 Å². The van der Waals surface area contributed by atoms with Crippen LogP contribution >= 0.6 is 0 Å². The number of likely N-dealkylation sites (N-methyl/N-ethyl adjacent to an activating group) is 1. The van der Waals surface area contributed by atoms with Crippen LogP contribution < -0.4 is 15.5 Å². The molecule has 2 rings (SSSR count). The molecule has 0 saturated heterocycles. The van der Waals surface area contributed by atoms with Crippen molar-refractivity contribution in [1.82, 2.24) is 5.32 Å². The predicted molar refractivity (Wildman–Crippen MR) is 89.0 cm³/mol. The molecule has 1 aliphatic heterocycles. The van der Waals surface area contributed by atoms with Gasteiger partial charge in [-0.1, -0.05) is 13.8 Å². The van der Waals surface area contributed by atoms with Gasteiger partial charge in [-0.25, -0.2) is 0 Å². The Balaban J connectivity index is 1.96. The average molecular weight is 289 g/mol. The Hall–Kier alpha value is -1.71. The van der Waals surface area contributed by atoms with Gasteiger partial charge < -0.3 is 15.5 Å². The highest BCUT2D eigenvalue weighted by molar-refractivity contribution is 5.81. The third kappa shape index (κ3) is 4.38. The number of carbonyl (C=O) groups excluding carboxylic acids is 1. The minimum Gasteiger partial charge on any atom is -0.382 e. The normalized spacial score (nSPS) is 17.1. The van der Waals surface area contributed by atoms with Crippen LogP contribution in [0.5, 0.6) is 0 Å². The van der Waals surface area contributed by atoms with E-state index in [0.29, 0.717) is 18.5 Å². The highest BCUT2D eigenvalue weighted by Gasteiger charge is 2.15. The molecular weight excluding hydrogens is 262 g/mol. The molecule has 4 nitrogen and oxygen atoms in total. The van der Waals surface area contributed by atoms with E-state index in [9.17, 15) is 4.79 Å². The van der Waals surface area contributed by atoms with Crippen LogP contribution in [-0.2, 0) is 11.2 Å². The molecule has 1 aromatic rings. The molecule has 0 aromatic heterocycles. The molecule has 0 aliphatic carbocycles. The Bertz CT molecular complexity index is 499. The van der Waals surface area contributed by atoms with E-state index in [2.05, 4.69) is 49.6 Å². The first kappa shape index (κ1) is 15.7. The summed E-state index contributed by atoms with van der Waals surface area (Å²) in [6.45, 7) is 7.54. The second kappa shape index (κ2) is 6.83. The third-order valence-corrected chi connectivity index (χ3v) is 3.87. The highest BCUT2D eigenvalue weighted by Crippen LogP contribution is 2.28. The summed E-state index contributed by atoms with van der Waals surface area (Å²) in [5, 5.41) is 6.46. The summed E-state index contributed by atoms with van der Waals surface area (Å²) in [6, 6.07) is 6.95. The Morgan fingerprint density at radius 2 is 2.24 bits per heavy atom. The molecule has 2 N–H and O–H groups in total. The van der Waals surface area contributed by atoms with Crippen molar-refractivity contribution in [2.45, 2.75) is 39.7 Å². The van der Waals surface area contributed by atoms with Crippen LogP contribution in [0.4, 0.5) is 11.4 Å². The Morgan fingerprint density at radius 1 is 1.48 bits per heavy atom. The largest absolute Gasteiger partial charge is 0.382 e. The van der Waals surface area contributed by atoms with E-state index < -0.39 is 0 Å². The zero-order valence-corrected chi connectivity index (χ0v) is 13.6. The van der Waals surface area contributed by atoms with E-state index >= 15 is 0 Å². The second-order valence-corrected chi connectivity index (χ2v) is 6.48. The molecule has 1 aliphatic rings. The zero-order chi connectivity index (χ0) is 15.4. The van der Waals surface area contributed by atoms with Crippen LogP contribution in [0.2, 0.25) is 0 Å². The van der Waals surface area contributed by atoms with Crippen LogP contribution in [0.15, 0.2) is 18.2 Å². The van der Waals surface area contributed by atoms with Gasteiger partial charge in [0.1, 0.15) is 0 Å². The number of aryl methyl sites for hydroxylation is 1. The number of rotatable bonds is 5. The fourth-order valence-electron chi connectivity index (χ4n) is 2.56. The molecular formula is C17H27N3O. The van der Waals surface area contributed by atoms with Crippen LogP contribution in [0, 0.1) is 5.92 Å². The molecule has 0 radical (unpaired) electrons. The lowest BCUT2D eigenvalue weighted by molar-refractivity contribution is -0.119. The van der Waals surface area contributed by atoms with Crippen molar-refractivity contribution in [1.29, 1.82) is 0 Å². The van der Waals surface area contributed by atoms with E-state index in [4.69, 9.17) is 0 Å². The summed E-state index contributed by atoms with van der Waals surface area (Å²) in [4.78, 5) is 13.9. The SMILES string of the molecule is CC(C)CNC(=O)CN(C)c1ccc2c(c1)CCC(C)N2. The maximum absolute atomic E-state index is 11.9. The monoisotopic (exact) mass is 289 g/mol. The molecule has 1 aromatic carbocycles. The number of benzene rings is 1. The van der Waals surface area contributed by atoms with Gasteiger partial charge in [-0.05, 0) is 49.4 Å². The van der Waals surface area contributed by atoms with E-state index in [0.717, 1.165) is 25.1 Å². The minimum absolute atomic E-state index is 0.0793. The predicted octanol–water partition coefficient (Wildman–Crippen LogP) is 2.64. The van der Waals surface area contributed by atoms with Crippen molar-refractivity contribution in [3.8, 4) is 0 Å². The summed E-state index contributed by atoms with van der Waals surface area (Å²) in [5.74, 6) is 0.562. The lowest BCUT2D eigenvalue weighted by Gasteiger charge is -2.26. The smallest absolute Gasteiger partial charge is 0.239 e. The van der Waals surface area contributed by atoms with Crippen molar-refractivity contribution in [3.05, 3.63) is 23.8 Å². The fraction of sp³-hybridized carbons (Fsp3) is 0.588. The summed E-state index contributed by atoms with van der Waals surface area (Å²) in [7, 11) is 1.97. The topological polar surface area (TPSA) is 44.4 Å². The van der Waals surface area contributed by atoms with Gasteiger partial charge in [-0.2, -0.15) is 0 Å². The van der Waals surface area contributed by atoms with E-state index in [1.54, 1.807) is 0 Å². The second-order valence-electron chi connectivity index (χ2n) is 6.48. The molecule has 1 atom stereocenters. The van der Waals surface area contributed by atoms with Crippen LogP contribution in [0.1, 0.15) is 32.8 Å². The Kier molecular flexibility index (Phi) is 5.10. The summed E-state index contributed by atoms with van der Waals surface area (Å²) in [6.07, 6.45) is 2.26. The highest BCUT2D eigenvalue weighted by atomic mass is 16.2. The summed E-state index contributed by atoms with van der Waals surface area (Å²) >= 11 is 0. The van der Waals surface area contributed by atoms with Gasteiger partial charge in [0.05, 0.1) is 6.54 Å². The molecule has 1 amide bonds.